The molecule has 3 heterocycles. The quantitative estimate of drug-likeness (QED) is 0.150. The summed E-state index contributed by atoms with van der Waals surface area (Å²) in [6, 6.07) is 84.6. The van der Waals surface area contributed by atoms with Gasteiger partial charge in [0.25, 0.3) is 0 Å². The summed E-state index contributed by atoms with van der Waals surface area (Å²) in [5.41, 5.74) is 15.8. The first kappa shape index (κ1) is 43.3. The minimum atomic E-state index is 0.483. The van der Waals surface area contributed by atoms with Crippen molar-refractivity contribution < 1.29 is 0 Å². The van der Waals surface area contributed by atoms with Crippen LogP contribution in [0, 0.1) is 34.0 Å². The van der Waals surface area contributed by atoms with Crippen LogP contribution in [0.5, 0.6) is 0 Å². The third kappa shape index (κ3) is 7.42. The van der Waals surface area contributed by atoms with Crippen molar-refractivity contribution >= 4 is 43.6 Å². The van der Waals surface area contributed by atoms with Crippen LogP contribution in [0.4, 0.5) is 0 Å². The Kier molecular flexibility index (Phi) is 10.5. The molecular formula is C66H38N8. The monoisotopic (exact) mass is 942 g/mol. The summed E-state index contributed by atoms with van der Waals surface area (Å²) < 4.78 is 4.60. The fourth-order valence-electron chi connectivity index (χ4n) is 10.4. The second-order valence-electron chi connectivity index (χ2n) is 18.2. The van der Waals surface area contributed by atoms with Crippen LogP contribution in [0.2, 0.25) is 0 Å². The zero-order valence-corrected chi connectivity index (χ0v) is 39.5. The van der Waals surface area contributed by atoms with Gasteiger partial charge in [-0.05, 0) is 125 Å². The summed E-state index contributed by atoms with van der Waals surface area (Å²) in [6.45, 7) is 0. The summed E-state index contributed by atoms with van der Waals surface area (Å²) in [6.07, 6.45) is 0. The van der Waals surface area contributed by atoms with E-state index in [0.717, 1.165) is 105 Å². The standard InChI is InChI=1S/C66H38N8/c67-39-42-19-24-45(25-20-42)49-28-33-61-57(36-49)52-15-7-9-17-59(52)73(61)51-30-31-54(66-71-64(47-11-3-1-4-12-47)70-65(72-66)48-13-5-2-6-14-48)55(38-51)56-35-44(41-69)23-32-62(56)74-60-18-10-8-16-53(60)58-37-50(29-34-63(58)74)46-26-21-43(40-68)22-27-46/h1-38H. The summed E-state index contributed by atoms with van der Waals surface area (Å²) in [4.78, 5) is 15.6. The van der Waals surface area contributed by atoms with Gasteiger partial charge in [0.2, 0.25) is 0 Å². The SMILES string of the molecule is N#Cc1ccc(-c2ccc3c(c2)c2ccccc2n3-c2ccc(-c3nc(-c4ccccc4)nc(-c4ccccc4)n3)c(-c3cc(C#N)ccc3-n3c4ccccc4c4cc(-c5ccc(C#N)cc5)ccc43)c2)cc1. The number of nitrogens with zero attached hydrogens (tertiary/aromatic N) is 8. The summed E-state index contributed by atoms with van der Waals surface area (Å²) in [7, 11) is 0. The number of rotatable bonds is 8. The Labute approximate surface area is 425 Å². The van der Waals surface area contributed by atoms with Gasteiger partial charge in [-0.1, -0.05) is 133 Å². The third-order valence-corrected chi connectivity index (χ3v) is 13.9. The van der Waals surface area contributed by atoms with Gasteiger partial charge >= 0.3 is 0 Å². The molecule has 13 rings (SSSR count). The van der Waals surface area contributed by atoms with Crippen molar-refractivity contribution in [2.75, 3.05) is 0 Å². The van der Waals surface area contributed by atoms with E-state index in [1.165, 1.54) is 0 Å². The molecule has 342 valence electrons. The van der Waals surface area contributed by atoms with E-state index >= 15 is 0 Å². The highest BCUT2D eigenvalue weighted by Gasteiger charge is 2.23. The Morgan fingerprint density at radius 3 is 1.27 bits per heavy atom. The minimum absolute atomic E-state index is 0.483. The van der Waals surface area contributed by atoms with Crippen molar-refractivity contribution in [2.45, 2.75) is 0 Å². The number of hydrogen-bond acceptors (Lipinski definition) is 6. The molecule has 0 aliphatic carbocycles. The second-order valence-corrected chi connectivity index (χ2v) is 18.2. The summed E-state index contributed by atoms with van der Waals surface area (Å²) in [5.74, 6) is 1.56. The van der Waals surface area contributed by atoms with E-state index in [1.54, 1.807) is 0 Å². The molecule has 0 radical (unpaired) electrons. The van der Waals surface area contributed by atoms with Crippen molar-refractivity contribution in [1.29, 1.82) is 15.8 Å². The van der Waals surface area contributed by atoms with Crippen LogP contribution in [0.15, 0.2) is 231 Å². The Balaban J connectivity index is 1.09. The van der Waals surface area contributed by atoms with Gasteiger partial charge in [-0.3, -0.25) is 0 Å². The molecule has 0 bridgehead atoms. The lowest BCUT2D eigenvalue weighted by Crippen LogP contribution is -2.04. The molecule has 0 N–H and O–H groups in total. The number of aromatic nitrogens is 5. The van der Waals surface area contributed by atoms with Gasteiger partial charge in [0.1, 0.15) is 0 Å². The van der Waals surface area contributed by atoms with Crippen LogP contribution in [-0.4, -0.2) is 24.1 Å². The van der Waals surface area contributed by atoms with Gasteiger partial charge in [0.05, 0.1) is 62.7 Å². The number of fused-ring (bicyclic) bond motifs is 6. The molecular weight excluding hydrogens is 905 g/mol. The third-order valence-electron chi connectivity index (χ3n) is 13.9. The maximum absolute atomic E-state index is 10.7. The lowest BCUT2D eigenvalue weighted by Gasteiger charge is -2.19. The van der Waals surface area contributed by atoms with Crippen LogP contribution >= 0.6 is 0 Å². The average molecular weight is 943 g/mol. The fraction of sp³-hybridized carbons (Fsp3) is 0. The first-order valence-corrected chi connectivity index (χ1v) is 24.2. The van der Waals surface area contributed by atoms with Gasteiger partial charge in [0, 0.05) is 49.5 Å². The first-order valence-electron chi connectivity index (χ1n) is 24.2. The van der Waals surface area contributed by atoms with Gasteiger partial charge in [0.15, 0.2) is 17.5 Å². The molecule has 0 aliphatic rings. The molecule has 0 unspecified atom stereocenters. The smallest absolute Gasteiger partial charge is 0.164 e. The molecule has 8 heteroatoms. The van der Waals surface area contributed by atoms with Crippen molar-refractivity contribution in [3.63, 3.8) is 0 Å². The number of hydrogen-bond donors (Lipinski definition) is 0. The van der Waals surface area contributed by atoms with Gasteiger partial charge in [-0.2, -0.15) is 15.8 Å². The maximum Gasteiger partial charge on any atom is 0.164 e. The van der Waals surface area contributed by atoms with Crippen molar-refractivity contribution in [3.05, 3.63) is 247 Å². The summed E-state index contributed by atoms with van der Waals surface area (Å²) >= 11 is 0. The molecule has 0 aliphatic heterocycles. The Hall–Kier alpha value is -10.7. The van der Waals surface area contributed by atoms with Crippen LogP contribution < -0.4 is 0 Å². The lowest BCUT2D eigenvalue weighted by atomic mass is 9.94. The van der Waals surface area contributed by atoms with E-state index in [4.69, 9.17) is 15.0 Å². The van der Waals surface area contributed by atoms with Crippen molar-refractivity contribution in [2.24, 2.45) is 0 Å². The van der Waals surface area contributed by atoms with Crippen LogP contribution in [-0.2, 0) is 0 Å². The molecule has 0 amide bonds. The van der Waals surface area contributed by atoms with Crippen molar-refractivity contribution in [3.8, 4) is 97.1 Å². The number of benzene rings is 10. The van der Waals surface area contributed by atoms with Gasteiger partial charge in [-0.15, -0.1) is 0 Å². The minimum Gasteiger partial charge on any atom is -0.309 e. The topological polar surface area (TPSA) is 120 Å². The number of nitriles is 3. The Morgan fingerprint density at radius 1 is 0.284 bits per heavy atom. The fourth-order valence-corrected chi connectivity index (χ4v) is 10.4. The van der Waals surface area contributed by atoms with Gasteiger partial charge in [-0.25, -0.2) is 15.0 Å². The van der Waals surface area contributed by atoms with Gasteiger partial charge < -0.3 is 9.13 Å². The van der Waals surface area contributed by atoms with E-state index in [2.05, 4.69) is 130 Å². The zero-order valence-electron chi connectivity index (χ0n) is 39.5. The lowest BCUT2D eigenvalue weighted by molar-refractivity contribution is 1.07. The first-order chi connectivity index (χ1) is 36.5. The highest BCUT2D eigenvalue weighted by atomic mass is 15.0. The maximum atomic E-state index is 10.7. The molecule has 3 aromatic heterocycles. The molecule has 13 aromatic rings. The predicted octanol–water partition coefficient (Wildman–Crippen LogP) is 15.7. The Morgan fingerprint density at radius 2 is 0.730 bits per heavy atom. The zero-order chi connectivity index (χ0) is 49.7. The van der Waals surface area contributed by atoms with Crippen molar-refractivity contribution in [1.82, 2.24) is 24.1 Å². The van der Waals surface area contributed by atoms with Crippen LogP contribution in [0.3, 0.4) is 0 Å². The van der Waals surface area contributed by atoms with Crippen LogP contribution in [0.1, 0.15) is 16.7 Å². The molecule has 0 saturated heterocycles. The van der Waals surface area contributed by atoms with E-state index in [1.807, 2.05) is 127 Å². The van der Waals surface area contributed by atoms with E-state index < -0.39 is 0 Å². The predicted molar refractivity (Wildman–Crippen MR) is 295 cm³/mol. The molecule has 0 saturated carbocycles. The molecule has 0 spiro atoms. The van der Waals surface area contributed by atoms with E-state index in [9.17, 15) is 15.8 Å². The van der Waals surface area contributed by atoms with Crippen LogP contribution in [0.25, 0.3) is 123 Å². The van der Waals surface area contributed by atoms with E-state index in [-0.39, 0.29) is 0 Å². The highest BCUT2D eigenvalue weighted by molar-refractivity contribution is 6.12. The second kappa shape index (κ2) is 17.9. The molecule has 0 fully saturated rings. The highest BCUT2D eigenvalue weighted by Crippen LogP contribution is 2.43. The molecule has 74 heavy (non-hydrogen) atoms. The average Bonchev–Trinajstić information content (AvgIpc) is 4.00. The molecule has 10 aromatic carbocycles. The molecule has 8 nitrogen and oxygen atoms in total. The molecule has 0 atom stereocenters. The number of para-hydroxylation sites is 2. The normalized spacial score (nSPS) is 11.2. The summed E-state index contributed by atoms with van der Waals surface area (Å²) in [5, 5.41) is 34.1. The Bertz CT molecular complexity index is 4430. The van der Waals surface area contributed by atoms with E-state index in [0.29, 0.717) is 34.2 Å². The largest absolute Gasteiger partial charge is 0.309 e.